The average molecular weight is 420 g/mol. The molecule has 1 atom stereocenters. The molecule has 29 heavy (non-hydrogen) atoms. The van der Waals surface area contributed by atoms with E-state index >= 15 is 0 Å². The predicted molar refractivity (Wildman–Crippen MR) is 111 cm³/mol. The van der Waals surface area contributed by atoms with Gasteiger partial charge in [-0.25, -0.2) is 12.8 Å². The van der Waals surface area contributed by atoms with Crippen molar-refractivity contribution < 1.29 is 17.6 Å². The third-order valence-electron chi connectivity index (χ3n) is 5.29. The van der Waals surface area contributed by atoms with Crippen LogP contribution >= 0.6 is 0 Å². The van der Waals surface area contributed by atoms with Gasteiger partial charge in [-0.3, -0.25) is 9.69 Å². The topological polar surface area (TPSA) is 69.7 Å². The van der Waals surface area contributed by atoms with Gasteiger partial charge in [0.15, 0.2) is 0 Å². The van der Waals surface area contributed by atoms with Crippen LogP contribution in [0.5, 0.6) is 0 Å². The van der Waals surface area contributed by atoms with Gasteiger partial charge < -0.3 is 5.32 Å². The summed E-state index contributed by atoms with van der Waals surface area (Å²) < 4.78 is 39.9. The Morgan fingerprint density at radius 3 is 2.24 bits per heavy atom. The maximum Gasteiger partial charge on any atom is 0.243 e. The molecule has 0 aromatic heterocycles. The van der Waals surface area contributed by atoms with Gasteiger partial charge in [-0.05, 0) is 56.7 Å². The second-order valence-electron chi connectivity index (χ2n) is 7.38. The molecule has 0 radical (unpaired) electrons. The highest BCUT2D eigenvalue weighted by atomic mass is 32.2. The summed E-state index contributed by atoms with van der Waals surface area (Å²) in [6.07, 6.45) is 0. The second kappa shape index (κ2) is 8.61. The second-order valence-corrected chi connectivity index (χ2v) is 9.32. The number of piperazine rings is 1. The van der Waals surface area contributed by atoms with E-state index in [0.29, 0.717) is 13.1 Å². The normalized spacial score (nSPS) is 17.1. The van der Waals surface area contributed by atoms with E-state index in [1.54, 1.807) is 0 Å². The molecular formula is C21H26FN3O3S. The van der Waals surface area contributed by atoms with Crippen LogP contribution < -0.4 is 5.32 Å². The minimum atomic E-state index is -3.67. The molecule has 8 heteroatoms. The van der Waals surface area contributed by atoms with E-state index in [4.69, 9.17) is 0 Å². The Hall–Kier alpha value is -2.29. The number of sulfonamides is 1. The predicted octanol–water partition coefficient (Wildman–Crippen LogP) is 2.78. The number of anilines is 1. The number of aryl methyl sites for hydroxylation is 2. The largest absolute Gasteiger partial charge is 0.324 e. The fourth-order valence-corrected chi connectivity index (χ4v) is 4.87. The molecular weight excluding hydrogens is 393 g/mol. The van der Waals surface area contributed by atoms with Gasteiger partial charge in [0.1, 0.15) is 5.82 Å². The number of nitrogens with zero attached hydrogens (tertiary/aromatic N) is 2. The first-order chi connectivity index (χ1) is 13.7. The van der Waals surface area contributed by atoms with Gasteiger partial charge >= 0.3 is 0 Å². The highest BCUT2D eigenvalue weighted by Gasteiger charge is 2.31. The third-order valence-corrected chi connectivity index (χ3v) is 7.20. The molecule has 0 bridgehead atoms. The third kappa shape index (κ3) is 4.83. The molecule has 1 saturated heterocycles. The molecule has 156 valence electrons. The molecule has 2 aromatic carbocycles. The summed E-state index contributed by atoms with van der Waals surface area (Å²) in [5.41, 5.74) is 2.91. The van der Waals surface area contributed by atoms with Gasteiger partial charge in [0, 0.05) is 31.9 Å². The lowest BCUT2D eigenvalue weighted by molar-refractivity contribution is -0.121. The summed E-state index contributed by atoms with van der Waals surface area (Å²) in [5, 5.41) is 2.96. The summed E-state index contributed by atoms with van der Waals surface area (Å²) in [6.45, 7) is 7.22. The molecule has 1 aliphatic rings. The highest BCUT2D eigenvalue weighted by Crippen LogP contribution is 2.20. The van der Waals surface area contributed by atoms with Crippen molar-refractivity contribution in [1.82, 2.24) is 9.21 Å². The standard InChI is InChI=1S/C21H26FN3O3S/c1-15-4-9-20(16(2)14-15)23-21(26)17(3)24-10-12-25(13-11-24)29(27,28)19-7-5-18(22)6-8-19/h4-9,14,17H,10-13H2,1-3H3,(H,23,26)/t17-/m0/s1. The minimum absolute atomic E-state index is 0.0768. The highest BCUT2D eigenvalue weighted by molar-refractivity contribution is 7.89. The van der Waals surface area contributed by atoms with Crippen molar-refractivity contribution in [3.8, 4) is 0 Å². The van der Waals surface area contributed by atoms with Crippen LogP contribution in [-0.2, 0) is 14.8 Å². The van der Waals surface area contributed by atoms with E-state index in [1.165, 1.54) is 16.4 Å². The van der Waals surface area contributed by atoms with Crippen molar-refractivity contribution in [1.29, 1.82) is 0 Å². The Balaban J connectivity index is 1.60. The molecule has 1 heterocycles. The molecule has 0 saturated carbocycles. The number of carbonyl (C=O) groups is 1. The molecule has 0 spiro atoms. The van der Waals surface area contributed by atoms with Gasteiger partial charge in [-0.1, -0.05) is 17.7 Å². The molecule has 1 aliphatic heterocycles. The van der Waals surface area contributed by atoms with E-state index in [9.17, 15) is 17.6 Å². The number of hydrogen-bond donors (Lipinski definition) is 1. The zero-order chi connectivity index (χ0) is 21.2. The number of rotatable bonds is 5. The number of benzene rings is 2. The van der Waals surface area contributed by atoms with Crippen molar-refractivity contribution in [2.24, 2.45) is 0 Å². The van der Waals surface area contributed by atoms with E-state index in [2.05, 4.69) is 5.32 Å². The van der Waals surface area contributed by atoms with E-state index < -0.39 is 15.8 Å². The van der Waals surface area contributed by atoms with Gasteiger partial charge in [0.2, 0.25) is 15.9 Å². The number of carbonyl (C=O) groups excluding carboxylic acids is 1. The summed E-state index contributed by atoms with van der Waals surface area (Å²) >= 11 is 0. The summed E-state index contributed by atoms with van der Waals surface area (Å²) in [7, 11) is -3.67. The summed E-state index contributed by atoms with van der Waals surface area (Å²) in [5.74, 6) is -0.593. The van der Waals surface area contributed by atoms with Crippen molar-refractivity contribution >= 4 is 21.6 Å². The first-order valence-electron chi connectivity index (χ1n) is 9.56. The van der Waals surface area contributed by atoms with Crippen LogP contribution in [0.3, 0.4) is 0 Å². The lowest BCUT2D eigenvalue weighted by Crippen LogP contribution is -2.53. The Morgan fingerprint density at radius 2 is 1.66 bits per heavy atom. The molecule has 1 amide bonds. The summed E-state index contributed by atoms with van der Waals surface area (Å²) in [6, 6.07) is 10.3. The number of amides is 1. The SMILES string of the molecule is Cc1ccc(NC(=O)[C@H](C)N2CCN(S(=O)(=O)c3ccc(F)cc3)CC2)c(C)c1. The maximum absolute atomic E-state index is 13.1. The van der Waals surface area contributed by atoms with Crippen LogP contribution in [-0.4, -0.2) is 55.8 Å². The number of nitrogens with one attached hydrogen (secondary N) is 1. The molecule has 0 aliphatic carbocycles. The van der Waals surface area contributed by atoms with Crippen LogP contribution in [0.25, 0.3) is 0 Å². The summed E-state index contributed by atoms with van der Waals surface area (Å²) in [4.78, 5) is 14.7. The molecule has 1 N–H and O–H groups in total. The quantitative estimate of drug-likeness (QED) is 0.809. The number of halogens is 1. The lowest BCUT2D eigenvalue weighted by atomic mass is 10.1. The average Bonchev–Trinajstić information content (AvgIpc) is 2.70. The van der Waals surface area contributed by atoms with Gasteiger partial charge in [0.05, 0.1) is 10.9 Å². The van der Waals surface area contributed by atoms with Gasteiger partial charge in [0.25, 0.3) is 0 Å². The van der Waals surface area contributed by atoms with E-state index in [0.717, 1.165) is 28.9 Å². The lowest BCUT2D eigenvalue weighted by Gasteiger charge is -2.36. The molecule has 2 aromatic rings. The monoisotopic (exact) mass is 419 g/mol. The smallest absolute Gasteiger partial charge is 0.243 e. The van der Waals surface area contributed by atoms with Crippen LogP contribution in [0.2, 0.25) is 0 Å². The van der Waals surface area contributed by atoms with Gasteiger partial charge in [-0.2, -0.15) is 4.31 Å². The fourth-order valence-electron chi connectivity index (χ4n) is 3.44. The van der Waals surface area contributed by atoms with Crippen molar-refractivity contribution in [2.45, 2.75) is 31.7 Å². The number of hydrogen-bond acceptors (Lipinski definition) is 4. The molecule has 1 fully saturated rings. The van der Waals surface area contributed by atoms with Crippen LogP contribution in [0, 0.1) is 19.7 Å². The Kier molecular flexibility index (Phi) is 6.36. The van der Waals surface area contributed by atoms with E-state index in [1.807, 2.05) is 43.9 Å². The maximum atomic E-state index is 13.1. The first-order valence-corrected chi connectivity index (χ1v) is 11.0. The molecule has 0 unspecified atom stereocenters. The molecule has 6 nitrogen and oxygen atoms in total. The van der Waals surface area contributed by atoms with Crippen molar-refractivity contribution in [2.75, 3.05) is 31.5 Å². The minimum Gasteiger partial charge on any atom is -0.324 e. The fraction of sp³-hybridized carbons (Fsp3) is 0.381. The molecule has 3 rings (SSSR count). The van der Waals surface area contributed by atoms with Crippen molar-refractivity contribution in [3.63, 3.8) is 0 Å². The van der Waals surface area contributed by atoms with Crippen LogP contribution in [0.1, 0.15) is 18.1 Å². The zero-order valence-corrected chi connectivity index (χ0v) is 17.7. The van der Waals surface area contributed by atoms with Crippen molar-refractivity contribution in [3.05, 3.63) is 59.4 Å². The first kappa shape index (κ1) is 21.4. The Morgan fingerprint density at radius 1 is 1.03 bits per heavy atom. The van der Waals surface area contributed by atoms with E-state index in [-0.39, 0.29) is 29.9 Å². The Labute approximate surface area is 171 Å². The van der Waals surface area contributed by atoms with Gasteiger partial charge in [-0.15, -0.1) is 0 Å². The van der Waals surface area contributed by atoms with Crippen LogP contribution in [0.15, 0.2) is 47.4 Å². The zero-order valence-electron chi connectivity index (χ0n) is 16.9. The Bertz CT molecular complexity index is 985. The van der Waals surface area contributed by atoms with Crippen LogP contribution in [0.4, 0.5) is 10.1 Å².